The number of hydrogen-bond acceptors (Lipinski definition) is 4. The van der Waals surface area contributed by atoms with E-state index in [4.69, 9.17) is 4.74 Å². The number of amides is 1. The van der Waals surface area contributed by atoms with E-state index >= 15 is 0 Å². The lowest BCUT2D eigenvalue weighted by molar-refractivity contribution is -0.0440. The van der Waals surface area contributed by atoms with Crippen molar-refractivity contribution in [3.8, 4) is 0 Å². The molecule has 0 unspecified atom stereocenters. The van der Waals surface area contributed by atoms with E-state index in [0.29, 0.717) is 24.6 Å². The Bertz CT molecular complexity index is 690. The molecule has 0 aliphatic carbocycles. The Kier molecular flexibility index (Phi) is 6.24. The lowest BCUT2D eigenvalue weighted by Crippen LogP contribution is -2.48. The van der Waals surface area contributed by atoms with Crippen LogP contribution in [0.4, 0.5) is 0 Å². The van der Waals surface area contributed by atoms with Gasteiger partial charge in [0.25, 0.3) is 5.91 Å². The van der Waals surface area contributed by atoms with Crippen LogP contribution in [0.3, 0.4) is 0 Å². The lowest BCUT2D eigenvalue weighted by atomic mass is 10.1. The van der Waals surface area contributed by atoms with Crippen molar-refractivity contribution in [1.29, 1.82) is 0 Å². The van der Waals surface area contributed by atoms with Crippen LogP contribution in [0.2, 0.25) is 0 Å². The zero-order valence-electron chi connectivity index (χ0n) is 15.5. The molecule has 1 aliphatic heterocycles. The highest BCUT2D eigenvalue weighted by Crippen LogP contribution is 2.21. The van der Waals surface area contributed by atoms with Crippen molar-refractivity contribution < 1.29 is 17.9 Å². The van der Waals surface area contributed by atoms with E-state index in [-0.39, 0.29) is 29.1 Å². The average Bonchev–Trinajstić information content (AvgIpc) is 2.53. The summed E-state index contributed by atoms with van der Waals surface area (Å²) in [5, 5.41) is 2.91. The van der Waals surface area contributed by atoms with Gasteiger partial charge in [-0.1, -0.05) is 13.8 Å². The number of nitrogens with one attached hydrogen (secondary N) is 1. The Morgan fingerprint density at radius 1 is 1.12 bits per heavy atom. The molecule has 1 fully saturated rings. The number of morpholine rings is 1. The van der Waals surface area contributed by atoms with Crippen molar-refractivity contribution in [2.45, 2.75) is 57.8 Å². The predicted molar refractivity (Wildman–Crippen MR) is 97.0 cm³/mol. The molecule has 2 rings (SSSR count). The molecular weight excluding hydrogens is 340 g/mol. The Hall–Kier alpha value is -1.44. The van der Waals surface area contributed by atoms with Crippen LogP contribution in [0.15, 0.2) is 29.2 Å². The quantitative estimate of drug-likeness (QED) is 0.865. The number of carbonyl (C=O) groups excluding carboxylic acids is 1. The third-order valence-electron chi connectivity index (χ3n) is 4.50. The van der Waals surface area contributed by atoms with Crippen molar-refractivity contribution in [3.05, 3.63) is 29.8 Å². The summed E-state index contributed by atoms with van der Waals surface area (Å²) in [5.41, 5.74) is 0.454. The molecule has 1 aromatic carbocycles. The van der Waals surface area contributed by atoms with E-state index in [9.17, 15) is 13.2 Å². The summed E-state index contributed by atoms with van der Waals surface area (Å²) in [6, 6.07) is 6.15. The number of nitrogens with zero attached hydrogens (tertiary/aromatic N) is 1. The zero-order valence-corrected chi connectivity index (χ0v) is 16.3. The largest absolute Gasteiger partial charge is 0.373 e. The van der Waals surface area contributed by atoms with Crippen LogP contribution in [0.5, 0.6) is 0 Å². The van der Waals surface area contributed by atoms with Crippen molar-refractivity contribution in [2.75, 3.05) is 13.1 Å². The molecule has 6 nitrogen and oxygen atoms in total. The summed E-state index contributed by atoms with van der Waals surface area (Å²) in [6.07, 6.45) is -0.276. The number of ether oxygens (including phenoxy) is 1. The van der Waals surface area contributed by atoms with E-state index in [1.807, 2.05) is 34.6 Å². The summed E-state index contributed by atoms with van der Waals surface area (Å²) >= 11 is 0. The van der Waals surface area contributed by atoms with E-state index in [1.54, 1.807) is 12.1 Å². The highest BCUT2D eigenvalue weighted by atomic mass is 32.2. The predicted octanol–water partition coefficient (Wildman–Crippen LogP) is 2.26. The minimum absolute atomic E-state index is 0.0484. The van der Waals surface area contributed by atoms with Gasteiger partial charge in [0.05, 0.1) is 17.1 Å². The molecule has 1 aromatic rings. The zero-order chi connectivity index (χ0) is 18.8. The summed E-state index contributed by atoms with van der Waals surface area (Å²) in [4.78, 5) is 12.4. The Labute approximate surface area is 150 Å². The molecule has 0 radical (unpaired) electrons. The molecule has 25 heavy (non-hydrogen) atoms. The van der Waals surface area contributed by atoms with Crippen LogP contribution in [0.25, 0.3) is 0 Å². The lowest BCUT2D eigenvalue weighted by Gasteiger charge is -2.34. The van der Waals surface area contributed by atoms with Crippen molar-refractivity contribution in [3.63, 3.8) is 0 Å². The molecule has 0 saturated carbocycles. The number of benzene rings is 1. The van der Waals surface area contributed by atoms with Gasteiger partial charge < -0.3 is 10.1 Å². The minimum atomic E-state index is -3.59. The molecule has 1 N–H and O–H groups in total. The van der Waals surface area contributed by atoms with Gasteiger partial charge >= 0.3 is 0 Å². The average molecular weight is 368 g/mol. The van der Waals surface area contributed by atoms with Crippen LogP contribution >= 0.6 is 0 Å². The number of hydrogen-bond donors (Lipinski definition) is 1. The van der Waals surface area contributed by atoms with Gasteiger partial charge in [-0.2, -0.15) is 4.31 Å². The fourth-order valence-corrected chi connectivity index (χ4v) is 4.30. The van der Waals surface area contributed by atoms with Crippen molar-refractivity contribution in [2.24, 2.45) is 5.92 Å². The molecule has 1 saturated heterocycles. The first-order valence-corrected chi connectivity index (χ1v) is 10.1. The van der Waals surface area contributed by atoms with Crippen molar-refractivity contribution >= 4 is 15.9 Å². The summed E-state index contributed by atoms with van der Waals surface area (Å²) in [5.74, 6) is 0.132. The second-order valence-electron chi connectivity index (χ2n) is 7.11. The Morgan fingerprint density at radius 3 is 2.12 bits per heavy atom. The Morgan fingerprint density at radius 2 is 1.64 bits per heavy atom. The fraction of sp³-hybridized carbons (Fsp3) is 0.611. The number of sulfonamides is 1. The van der Waals surface area contributed by atoms with Gasteiger partial charge in [0.15, 0.2) is 0 Å². The SMILES string of the molecule is CC(C)[C@@H](C)NC(=O)c1ccc(S(=O)(=O)N2C[C@@H](C)O[C@@H](C)C2)cc1. The smallest absolute Gasteiger partial charge is 0.251 e. The van der Waals surface area contributed by atoms with E-state index in [1.165, 1.54) is 16.4 Å². The molecule has 1 heterocycles. The van der Waals surface area contributed by atoms with Gasteiger partial charge in [0.2, 0.25) is 10.0 Å². The standard InChI is InChI=1S/C18H28N2O4S/c1-12(2)15(5)19-18(21)16-6-8-17(9-7-16)25(22,23)20-10-13(3)24-14(4)11-20/h6-9,12-15H,10-11H2,1-5H3,(H,19,21)/t13-,14+,15-/m1/s1. The number of rotatable bonds is 5. The molecule has 3 atom stereocenters. The highest BCUT2D eigenvalue weighted by Gasteiger charge is 2.32. The second-order valence-corrected chi connectivity index (χ2v) is 9.05. The topological polar surface area (TPSA) is 75.7 Å². The molecule has 7 heteroatoms. The maximum atomic E-state index is 12.8. The molecule has 0 spiro atoms. The van der Waals surface area contributed by atoms with Gasteiger partial charge in [-0.05, 0) is 51.0 Å². The Balaban J connectivity index is 2.14. The maximum absolute atomic E-state index is 12.8. The van der Waals surface area contributed by atoms with Gasteiger partial charge in [-0.3, -0.25) is 4.79 Å². The third kappa shape index (κ3) is 4.80. The molecule has 140 valence electrons. The molecule has 1 amide bonds. The maximum Gasteiger partial charge on any atom is 0.251 e. The monoisotopic (exact) mass is 368 g/mol. The fourth-order valence-electron chi connectivity index (χ4n) is 2.71. The van der Waals surface area contributed by atoms with Crippen LogP contribution < -0.4 is 5.32 Å². The second kappa shape index (κ2) is 7.85. The van der Waals surface area contributed by atoms with Crippen LogP contribution in [-0.4, -0.2) is 50.0 Å². The van der Waals surface area contributed by atoms with E-state index in [2.05, 4.69) is 5.32 Å². The first-order chi connectivity index (χ1) is 11.6. The highest BCUT2D eigenvalue weighted by molar-refractivity contribution is 7.89. The van der Waals surface area contributed by atoms with Crippen LogP contribution in [0, 0.1) is 5.92 Å². The van der Waals surface area contributed by atoms with E-state index in [0.717, 1.165) is 0 Å². The summed E-state index contributed by atoms with van der Waals surface area (Å²) in [6.45, 7) is 10.4. The van der Waals surface area contributed by atoms with Gasteiger partial charge in [0.1, 0.15) is 0 Å². The summed E-state index contributed by atoms with van der Waals surface area (Å²) < 4.78 is 32.6. The van der Waals surface area contributed by atoms with Gasteiger partial charge in [-0.15, -0.1) is 0 Å². The third-order valence-corrected chi connectivity index (χ3v) is 6.35. The molecular formula is C18H28N2O4S. The first-order valence-electron chi connectivity index (χ1n) is 8.67. The first kappa shape index (κ1) is 19.9. The van der Waals surface area contributed by atoms with E-state index < -0.39 is 10.0 Å². The summed E-state index contributed by atoms with van der Waals surface area (Å²) in [7, 11) is -3.59. The van der Waals surface area contributed by atoms with Gasteiger partial charge in [0, 0.05) is 24.7 Å². The molecule has 0 bridgehead atoms. The van der Waals surface area contributed by atoms with Crippen LogP contribution in [-0.2, 0) is 14.8 Å². The van der Waals surface area contributed by atoms with Gasteiger partial charge in [-0.25, -0.2) is 8.42 Å². The van der Waals surface area contributed by atoms with Crippen molar-refractivity contribution in [1.82, 2.24) is 9.62 Å². The minimum Gasteiger partial charge on any atom is -0.373 e. The number of carbonyl (C=O) groups is 1. The van der Waals surface area contributed by atoms with Crippen LogP contribution in [0.1, 0.15) is 45.0 Å². The molecule has 1 aliphatic rings. The molecule has 0 aromatic heterocycles. The normalized spacial score (nSPS) is 23.4.